The van der Waals surface area contributed by atoms with Crippen LogP contribution in [0.4, 0.5) is 0 Å². The van der Waals surface area contributed by atoms with Crippen molar-refractivity contribution >= 4 is 0 Å². The highest BCUT2D eigenvalue weighted by atomic mass is 16.5. The zero-order chi connectivity index (χ0) is 15.2. The number of nitrogens with two attached hydrogens (primary N) is 1. The van der Waals surface area contributed by atoms with Crippen molar-refractivity contribution in [3.8, 4) is 11.5 Å². The summed E-state index contributed by atoms with van der Waals surface area (Å²) in [5.41, 5.74) is 7.63. The second kappa shape index (κ2) is 7.69. The fraction of sp³-hybridized carbons (Fsp3) is 0.667. The van der Waals surface area contributed by atoms with Gasteiger partial charge in [-0.15, -0.1) is 0 Å². The highest BCUT2D eigenvalue weighted by Gasteiger charge is 2.27. The minimum Gasteiger partial charge on any atom is -0.497 e. The van der Waals surface area contributed by atoms with Gasteiger partial charge in [-0.25, -0.2) is 0 Å². The summed E-state index contributed by atoms with van der Waals surface area (Å²) in [6.45, 7) is 2.28. The fourth-order valence-electron chi connectivity index (χ4n) is 3.60. The van der Waals surface area contributed by atoms with E-state index >= 15 is 0 Å². The lowest BCUT2D eigenvalue weighted by Crippen LogP contribution is -2.26. The average Bonchev–Trinajstić information content (AvgIpc) is 2.54. The molecule has 1 atom stereocenters. The first-order valence-electron chi connectivity index (χ1n) is 8.17. The lowest BCUT2D eigenvalue weighted by molar-refractivity contribution is 0.232. The van der Waals surface area contributed by atoms with Crippen molar-refractivity contribution in [2.75, 3.05) is 14.2 Å². The van der Waals surface area contributed by atoms with Gasteiger partial charge in [-0.1, -0.05) is 32.6 Å². The first-order chi connectivity index (χ1) is 10.2. The van der Waals surface area contributed by atoms with Crippen molar-refractivity contribution in [2.45, 2.75) is 51.5 Å². The molecule has 0 saturated heterocycles. The second-order valence-electron chi connectivity index (χ2n) is 6.20. The zero-order valence-corrected chi connectivity index (χ0v) is 13.6. The van der Waals surface area contributed by atoms with Gasteiger partial charge in [-0.05, 0) is 42.9 Å². The van der Waals surface area contributed by atoms with Gasteiger partial charge in [-0.2, -0.15) is 0 Å². The van der Waals surface area contributed by atoms with E-state index in [9.17, 15) is 0 Å². The molecule has 0 heterocycles. The number of benzene rings is 1. The summed E-state index contributed by atoms with van der Waals surface area (Å²) < 4.78 is 10.8. The standard InChI is InChI=1S/C18H29NO2/c1-4-5-13-6-8-14(9-7-13)18(19)16-12-15(20-2)10-11-17(16)21-3/h10-14,18H,4-9,19H2,1-3H3. The van der Waals surface area contributed by atoms with Crippen LogP contribution in [-0.2, 0) is 0 Å². The Hall–Kier alpha value is -1.22. The smallest absolute Gasteiger partial charge is 0.123 e. The van der Waals surface area contributed by atoms with E-state index in [0.29, 0.717) is 5.92 Å². The Bertz CT molecular complexity index is 439. The Kier molecular flexibility index (Phi) is 5.92. The first kappa shape index (κ1) is 16.2. The molecule has 0 spiro atoms. The van der Waals surface area contributed by atoms with Crippen LogP contribution >= 0.6 is 0 Å². The van der Waals surface area contributed by atoms with Crippen molar-refractivity contribution in [1.82, 2.24) is 0 Å². The summed E-state index contributed by atoms with van der Waals surface area (Å²) in [4.78, 5) is 0. The third kappa shape index (κ3) is 3.91. The number of rotatable bonds is 6. The van der Waals surface area contributed by atoms with Crippen LogP contribution in [0.15, 0.2) is 18.2 Å². The highest BCUT2D eigenvalue weighted by molar-refractivity contribution is 5.42. The quantitative estimate of drug-likeness (QED) is 0.849. The molecule has 21 heavy (non-hydrogen) atoms. The van der Waals surface area contributed by atoms with Crippen LogP contribution in [0.1, 0.15) is 57.1 Å². The normalized spacial score (nSPS) is 23.6. The molecule has 0 amide bonds. The molecule has 1 aliphatic rings. The van der Waals surface area contributed by atoms with Gasteiger partial charge in [0.25, 0.3) is 0 Å². The molecule has 0 aliphatic heterocycles. The Morgan fingerprint density at radius 1 is 1.14 bits per heavy atom. The lowest BCUT2D eigenvalue weighted by Gasteiger charge is -2.32. The summed E-state index contributed by atoms with van der Waals surface area (Å²) in [6, 6.07) is 5.95. The Labute approximate surface area is 128 Å². The molecule has 0 aromatic heterocycles. The van der Waals surface area contributed by atoms with Gasteiger partial charge in [0.1, 0.15) is 11.5 Å². The summed E-state index contributed by atoms with van der Waals surface area (Å²) in [5, 5.41) is 0. The maximum atomic E-state index is 6.55. The average molecular weight is 291 g/mol. The minimum absolute atomic E-state index is 0.0395. The second-order valence-corrected chi connectivity index (χ2v) is 6.20. The lowest BCUT2D eigenvalue weighted by atomic mass is 9.75. The largest absolute Gasteiger partial charge is 0.497 e. The highest BCUT2D eigenvalue weighted by Crippen LogP contribution is 2.40. The van der Waals surface area contributed by atoms with E-state index in [1.807, 2.05) is 18.2 Å². The van der Waals surface area contributed by atoms with Crippen LogP contribution in [0.3, 0.4) is 0 Å². The van der Waals surface area contributed by atoms with Crippen LogP contribution in [0, 0.1) is 11.8 Å². The third-order valence-electron chi connectivity index (χ3n) is 4.89. The first-order valence-corrected chi connectivity index (χ1v) is 8.17. The molecule has 1 fully saturated rings. The van der Waals surface area contributed by atoms with Crippen molar-refractivity contribution in [3.05, 3.63) is 23.8 Å². The number of ether oxygens (including phenoxy) is 2. The molecule has 2 rings (SSSR count). The SMILES string of the molecule is CCCC1CCC(C(N)c2cc(OC)ccc2OC)CC1. The summed E-state index contributed by atoms with van der Waals surface area (Å²) >= 11 is 0. The fourth-order valence-corrected chi connectivity index (χ4v) is 3.60. The van der Waals surface area contributed by atoms with Gasteiger partial charge in [0.15, 0.2) is 0 Å². The molecular weight excluding hydrogens is 262 g/mol. The molecule has 1 aliphatic carbocycles. The minimum atomic E-state index is 0.0395. The van der Waals surface area contributed by atoms with Crippen molar-refractivity contribution in [3.63, 3.8) is 0 Å². The van der Waals surface area contributed by atoms with Crippen LogP contribution in [-0.4, -0.2) is 14.2 Å². The zero-order valence-electron chi connectivity index (χ0n) is 13.6. The van der Waals surface area contributed by atoms with Gasteiger partial charge in [0.05, 0.1) is 14.2 Å². The Morgan fingerprint density at radius 3 is 2.43 bits per heavy atom. The van der Waals surface area contributed by atoms with Crippen LogP contribution in [0.25, 0.3) is 0 Å². The summed E-state index contributed by atoms with van der Waals surface area (Å²) in [6.07, 6.45) is 7.75. The van der Waals surface area contributed by atoms with Crippen molar-refractivity contribution in [2.24, 2.45) is 17.6 Å². The van der Waals surface area contributed by atoms with Crippen LogP contribution < -0.4 is 15.2 Å². The van der Waals surface area contributed by atoms with Crippen molar-refractivity contribution < 1.29 is 9.47 Å². The van der Waals surface area contributed by atoms with Gasteiger partial charge in [0, 0.05) is 11.6 Å². The molecular formula is C18H29NO2. The third-order valence-corrected chi connectivity index (χ3v) is 4.89. The van der Waals surface area contributed by atoms with Gasteiger partial charge in [0.2, 0.25) is 0 Å². The molecule has 2 N–H and O–H groups in total. The van der Waals surface area contributed by atoms with Gasteiger partial charge >= 0.3 is 0 Å². The van der Waals surface area contributed by atoms with E-state index in [1.54, 1.807) is 14.2 Å². The van der Waals surface area contributed by atoms with E-state index in [1.165, 1.54) is 38.5 Å². The molecule has 3 nitrogen and oxygen atoms in total. The van der Waals surface area contributed by atoms with Crippen LogP contribution in [0.5, 0.6) is 11.5 Å². The molecule has 1 aromatic carbocycles. The predicted octanol–water partition coefficient (Wildman–Crippen LogP) is 4.31. The van der Waals surface area contributed by atoms with Crippen molar-refractivity contribution in [1.29, 1.82) is 0 Å². The van der Waals surface area contributed by atoms with Gasteiger partial charge < -0.3 is 15.2 Å². The molecule has 3 heteroatoms. The van der Waals surface area contributed by atoms with E-state index in [0.717, 1.165) is 23.0 Å². The molecule has 1 aromatic rings. The molecule has 0 bridgehead atoms. The van der Waals surface area contributed by atoms with E-state index in [2.05, 4.69) is 6.92 Å². The molecule has 1 saturated carbocycles. The number of hydrogen-bond acceptors (Lipinski definition) is 3. The van der Waals surface area contributed by atoms with Gasteiger partial charge in [-0.3, -0.25) is 0 Å². The molecule has 118 valence electrons. The molecule has 1 unspecified atom stereocenters. The maximum Gasteiger partial charge on any atom is 0.123 e. The van der Waals surface area contributed by atoms with E-state index in [-0.39, 0.29) is 6.04 Å². The maximum absolute atomic E-state index is 6.55. The Balaban J connectivity index is 2.07. The molecule has 0 radical (unpaired) electrons. The topological polar surface area (TPSA) is 44.5 Å². The Morgan fingerprint density at radius 2 is 1.86 bits per heavy atom. The predicted molar refractivity (Wildman–Crippen MR) is 86.8 cm³/mol. The monoisotopic (exact) mass is 291 g/mol. The van der Waals surface area contributed by atoms with E-state index in [4.69, 9.17) is 15.2 Å². The number of hydrogen-bond donors (Lipinski definition) is 1. The van der Waals surface area contributed by atoms with E-state index < -0.39 is 0 Å². The number of methoxy groups -OCH3 is 2. The van der Waals surface area contributed by atoms with Crippen LogP contribution in [0.2, 0.25) is 0 Å². The summed E-state index contributed by atoms with van der Waals surface area (Å²) in [5.74, 6) is 3.18. The summed E-state index contributed by atoms with van der Waals surface area (Å²) in [7, 11) is 3.39.